The molecule has 9 N–H and O–H groups in total. The summed E-state index contributed by atoms with van der Waals surface area (Å²) in [5.74, 6) is -3.30. The average molecular weight is 470 g/mol. The first-order valence-electron chi connectivity index (χ1n) is 10.6. The van der Waals surface area contributed by atoms with Crippen LogP contribution in [0.2, 0.25) is 0 Å². The Labute approximate surface area is 194 Å². The lowest BCUT2D eigenvalue weighted by Gasteiger charge is -2.22. The summed E-state index contributed by atoms with van der Waals surface area (Å²) in [6.45, 7) is 0. The number of para-hydroxylation sites is 1. The molecule has 3 rings (SSSR count). The highest BCUT2D eigenvalue weighted by Crippen LogP contribution is 2.19. The molecule has 0 aliphatic carbocycles. The first-order chi connectivity index (χ1) is 16.2. The van der Waals surface area contributed by atoms with Gasteiger partial charge in [-0.25, -0.2) is 9.78 Å². The second kappa shape index (κ2) is 11.1. The normalized spacial score (nSPS) is 13.7. The van der Waals surface area contributed by atoms with Crippen LogP contribution >= 0.6 is 0 Å². The number of aromatic amines is 2. The molecule has 0 saturated heterocycles. The molecule has 2 heterocycles. The van der Waals surface area contributed by atoms with Crippen LogP contribution in [0.5, 0.6) is 0 Å². The molecule has 0 aliphatic rings. The van der Waals surface area contributed by atoms with E-state index >= 15 is 0 Å². The average Bonchev–Trinajstić information content (AvgIpc) is 3.45. The molecule has 0 saturated carbocycles. The summed E-state index contributed by atoms with van der Waals surface area (Å²) >= 11 is 0. The van der Waals surface area contributed by atoms with Gasteiger partial charge in [-0.1, -0.05) is 18.2 Å². The van der Waals surface area contributed by atoms with E-state index in [0.717, 1.165) is 10.9 Å². The topological polar surface area (TPSA) is 209 Å². The Balaban J connectivity index is 1.69. The smallest absolute Gasteiger partial charge is 0.326 e. The number of hydrogen-bond acceptors (Lipinski definition) is 6. The van der Waals surface area contributed by atoms with Crippen molar-refractivity contribution in [3.8, 4) is 0 Å². The van der Waals surface area contributed by atoms with E-state index in [4.69, 9.17) is 11.5 Å². The van der Waals surface area contributed by atoms with Gasteiger partial charge in [0, 0.05) is 48.3 Å². The number of benzene rings is 1. The van der Waals surface area contributed by atoms with E-state index in [-0.39, 0.29) is 25.7 Å². The second-order valence-corrected chi connectivity index (χ2v) is 7.92. The van der Waals surface area contributed by atoms with Crippen LogP contribution in [0, 0.1) is 0 Å². The summed E-state index contributed by atoms with van der Waals surface area (Å²) in [6, 6.07) is 3.92. The van der Waals surface area contributed by atoms with Crippen LogP contribution in [0.25, 0.3) is 10.9 Å². The number of carboxylic acid groups (broad SMARTS) is 1. The van der Waals surface area contributed by atoms with Gasteiger partial charge in [0.15, 0.2) is 0 Å². The third-order valence-electron chi connectivity index (χ3n) is 5.36. The van der Waals surface area contributed by atoms with E-state index in [2.05, 4.69) is 25.6 Å². The molecule has 0 aliphatic heterocycles. The summed E-state index contributed by atoms with van der Waals surface area (Å²) in [5.41, 5.74) is 13.3. The van der Waals surface area contributed by atoms with Crippen LogP contribution in [0.1, 0.15) is 24.1 Å². The summed E-state index contributed by atoms with van der Waals surface area (Å²) < 4.78 is 0. The zero-order valence-corrected chi connectivity index (χ0v) is 18.3. The number of amides is 3. The number of hydrogen-bond donors (Lipinski definition) is 7. The standard InChI is InChI=1S/C22H27N7O5/c23-15(8-13-10-25-11-27-13)20(31)28-17(5-6-19(24)30)21(32)29-18(22(33)34)7-12-9-26-16-4-2-1-3-14(12)16/h1-4,9-11,15,17-18,26H,5-8,23H2,(H2,24,30)(H,25,27)(H,28,31)(H,29,32)(H,33,34)/t15-,17-,18-/m0/s1. The van der Waals surface area contributed by atoms with Crippen LogP contribution in [0.15, 0.2) is 43.0 Å². The monoisotopic (exact) mass is 469 g/mol. The summed E-state index contributed by atoms with van der Waals surface area (Å²) in [4.78, 5) is 58.4. The Morgan fingerprint density at radius 2 is 1.76 bits per heavy atom. The summed E-state index contributed by atoms with van der Waals surface area (Å²) in [7, 11) is 0. The molecule has 0 radical (unpaired) electrons. The molecule has 0 bridgehead atoms. The van der Waals surface area contributed by atoms with Gasteiger partial charge in [-0.05, 0) is 18.1 Å². The Kier molecular flexibility index (Phi) is 7.98. The number of nitrogens with zero attached hydrogens (tertiary/aromatic N) is 1. The number of aliphatic carboxylic acids is 1. The summed E-state index contributed by atoms with van der Waals surface area (Å²) in [6.07, 6.45) is 4.52. The third-order valence-corrected chi connectivity index (χ3v) is 5.36. The van der Waals surface area contributed by atoms with Crippen LogP contribution in [-0.4, -0.2) is 61.9 Å². The minimum atomic E-state index is -1.27. The number of rotatable bonds is 12. The first-order valence-corrected chi connectivity index (χ1v) is 10.6. The number of aromatic nitrogens is 3. The maximum atomic E-state index is 12.9. The molecular formula is C22H27N7O5. The lowest BCUT2D eigenvalue weighted by Crippen LogP contribution is -2.55. The molecule has 0 unspecified atom stereocenters. The number of carboxylic acids is 1. The zero-order valence-electron chi connectivity index (χ0n) is 18.3. The van der Waals surface area contributed by atoms with E-state index in [0.29, 0.717) is 11.3 Å². The molecule has 12 nitrogen and oxygen atoms in total. The van der Waals surface area contributed by atoms with E-state index in [1.807, 2.05) is 24.3 Å². The van der Waals surface area contributed by atoms with Crippen molar-refractivity contribution in [1.29, 1.82) is 0 Å². The fraction of sp³-hybridized carbons (Fsp3) is 0.318. The zero-order chi connectivity index (χ0) is 24.7. The van der Waals surface area contributed by atoms with Gasteiger partial charge < -0.3 is 37.2 Å². The fourth-order valence-electron chi connectivity index (χ4n) is 3.55. The van der Waals surface area contributed by atoms with Crippen molar-refractivity contribution in [2.24, 2.45) is 11.5 Å². The van der Waals surface area contributed by atoms with Gasteiger partial charge in [0.05, 0.1) is 12.4 Å². The van der Waals surface area contributed by atoms with Crippen LogP contribution in [0.4, 0.5) is 0 Å². The SMILES string of the molecule is NC(=O)CC[C@H](NC(=O)[C@@H](N)Cc1cnc[nH]1)C(=O)N[C@@H](Cc1c[nH]c2ccccc12)C(=O)O. The number of primary amides is 1. The third kappa shape index (κ3) is 6.42. The number of H-pyrrole nitrogens is 2. The molecule has 3 aromatic rings. The lowest BCUT2D eigenvalue weighted by molar-refractivity contribution is -0.142. The highest BCUT2D eigenvalue weighted by atomic mass is 16.4. The molecular weight excluding hydrogens is 442 g/mol. The predicted octanol–water partition coefficient (Wildman–Crippen LogP) is -0.677. The van der Waals surface area contributed by atoms with Gasteiger partial charge in [0.1, 0.15) is 12.1 Å². The van der Waals surface area contributed by atoms with E-state index in [9.17, 15) is 24.3 Å². The van der Waals surface area contributed by atoms with Crippen molar-refractivity contribution in [2.75, 3.05) is 0 Å². The number of nitrogens with two attached hydrogens (primary N) is 2. The maximum absolute atomic E-state index is 12.9. The predicted molar refractivity (Wildman–Crippen MR) is 122 cm³/mol. The minimum Gasteiger partial charge on any atom is -0.480 e. The number of carbonyl (C=O) groups excluding carboxylic acids is 3. The number of nitrogens with one attached hydrogen (secondary N) is 4. The van der Waals surface area contributed by atoms with Gasteiger partial charge in [-0.3, -0.25) is 14.4 Å². The Bertz CT molecular complexity index is 1160. The van der Waals surface area contributed by atoms with E-state index in [1.54, 1.807) is 6.20 Å². The molecule has 34 heavy (non-hydrogen) atoms. The van der Waals surface area contributed by atoms with Crippen molar-refractivity contribution in [2.45, 2.75) is 43.8 Å². The summed E-state index contributed by atoms with van der Waals surface area (Å²) in [5, 5.41) is 15.5. The van der Waals surface area contributed by atoms with E-state index in [1.165, 1.54) is 12.5 Å². The van der Waals surface area contributed by atoms with Crippen molar-refractivity contribution < 1.29 is 24.3 Å². The second-order valence-electron chi connectivity index (χ2n) is 7.92. The Morgan fingerprint density at radius 1 is 1.03 bits per heavy atom. The number of carbonyl (C=O) groups is 4. The highest BCUT2D eigenvalue weighted by Gasteiger charge is 2.29. The molecule has 0 fully saturated rings. The van der Waals surface area contributed by atoms with Crippen molar-refractivity contribution in [3.63, 3.8) is 0 Å². The minimum absolute atomic E-state index is 0.0148. The number of fused-ring (bicyclic) bond motifs is 1. The van der Waals surface area contributed by atoms with E-state index < -0.39 is 41.8 Å². The van der Waals surface area contributed by atoms with Crippen LogP contribution < -0.4 is 22.1 Å². The van der Waals surface area contributed by atoms with Gasteiger partial charge in [-0.15, -0.1) is 0 Å². The highest BCUT2D eigenvalue weighted by molar-refractivity contribution is 5.92. The van der Waals surface area contributed by atoms with Gasteiger partial charge in [-0.2, -0.15) is 0 Å². The van der Waals surface area contributed by atoms with Crippen molar-refractivity contribution in [1.82, 2.24) is 25.6 Å². The van der Waals surface area contributed by atoms with Crippen molar-refractivity contribution >= 4 is 34.6 Å². The van der Waals surface area contributed by atoms with Gasteiger partial charge in [0.2, 0.25) is 17.7 Å². The van der Waals surface area contributed by atoms with Gasteiger partial charge in [0.25, 0.3) is 0 Å². The maximum Gasteiger partial charge on any atom is 0.326 e. The first kappa shape index (κ1) is 24.5. The molecule has 3 amide bonds. The van der Waals surface area contributed by atoms with Crippen LogP contribution in [-0.2, 0) is 32.0 Å². The van der Waals surface area contributed by atoms with Crippen molar-refractivity contribution in [3.05, 3.63) is 54.2 Å². The van der Waals surface area contributed by atoms with Crippen LogP contribution in [0.3, 0.4) is 0 Å². The lowest BCUT2D eigenvalue weighted by atomic mass is 10.0. The molecule has 2 aromatic heterocycles. The Morgan fingerprint density at radius 3 is 2.44 bits per heavy atom. The molecule has 12 heteroatoms. The molecule has 0 spiro atoms. The molecule has 180 valence electrons. The number of imidazole rings is 1. The van der Waals surface area contributed by atoms with Gasteiger partial charge >= 0.3 is 5.97 Å². The quantitative estimate of drug-likeness (QED) is 0.181. The molecule has 3 atom stereocenters. The Hall–Kier alpha value is -4.19. The fourth-order valence-corrected chi connectivity index (χ4v) is 3.55. The largest absolute Gasteiger partial charge is 0.480 e. The molecule has 1 aromatic carbocycles.